The monoisotopic (exact) mass is 344 g/mol. The van der Waals surface area contributed by atoms with Gasteiger partial charge in [0.15, 0.2) is 0 Å². The highest BCUT2D eigenvalue weighted by Crippen LogP contribution is 2.72. The van der Waals surface area contributed by atoms with E-state index < -0.39 is 0 Å². The first-order chi connectivity index (χ1) is 12.6. The Kier molecular flexibility index (Phi) is 3.57. The highest BCUT2D eigenvalue weighted by Gasteiger charge is 2.64. The summed E-state index contributed by atoms with van der Waals surface area (Å²) >= 11 is 0. The van der Waals surface area contributed by atoms with E-state index in [4.69, 9.17) is 4.74 Å². The van der Waals surface area contributed by atoms with E-state index in [9.17, 15) is 0 Å². The molecule has 4 unspecified atom stereocenters. The molecule has 3 aliphatic rings. The van der Waals surface area contributed by atoms with Crippen LogP contribution in [0.3, 0.4) is 0 Å². The summed E-state index contributed by atoms with van der Waals surface area (Å²) in [5.41, 5.74) is 2.83. The van der Waals surface area contributed by atoms with Gasteiger partial charge in [-0.25, -0.2) is 0 Å². The summed E-state index contributed by atoms with van der Waals surface area (Å²) in [5.74, 6) is 2.82. The molecule has 0 heterocycles. The van der Waals surface area contributed by atoms with Crippen LogP contribution < -0.4 is 0 Å². The van der Waals surface area contributed by atoms with Crippen molar-refractivity contribution in [3.63, 3.8) is 0 Å². The van der Waals surface area contributed by atoms with Crippen LogP contribution >= 0.6 is 0 Å². The van der Waals surface area contributed by atoms with Gasteiger partial charge in [-0.2, -0.15) is 0 Å². The number of benzene rings is 2. The third kappa shape index (κ3) is 2.16. The van der Waals surface area contributed by atoms with Gasteiger partial charge in [0, 0.05) is 0 Å². The third-order valence-electron chi connectivity index (χ3n) is 7.88. The lowest BCUT2D eigenvalue weighted by atomic mass is 9.43. The van der Waals surface area contributed by atoms with E-state index in [2.05, 4.69) is 74.2 Å². The van der Waals surface area contributed by atoms with Gasteiger partial charge in [0.25, 0.3) is 0 Å². The van der Waals surface area contributed by atoms with Crippen LogP contribution in [0, 0.1) is 17.3 Å². The maximum absolute atomic E-state index is 6.62. The van der Waals surface area contributed by atoms with Gasteiger partial charge in [-0.05, 0) is 67.4 Å². The lowest BCUT2D eigenvalue weighted by Gasteiger charge is -2.61. The van der Waals surface area contributed by atoms with E-state index >= 15 is 0 Å². The molecule has 0 aromatic heterocycles. The van der Waals surface area contributed by atoms with Crippen LogP contribution in [0.5, 0.6) is 0 Å². The normalized spacial score (nSPS) is 32.0. The Labute approximate surface area is 157 Å². The number of hydrogen-bond donors (Lipinski definition) is 0. The van der Waals surface area contributed by atoms with Crippen molar-refractivity contribution >= 4 is 0 Å². The maximum Gasteiger partial charge on any atom is 0.104 e. The van der Waals surface area contributed by atoms with E-state index in [1.54, 1.807) is 0 Å². The third-order valence-corrected chi connectivity index (χ3v) is 7.88. The van der Waals surface area contributed by atoms with Crippen molar-refractivity contribution in [1.29, 1.82) is 0 Å². The Balaban J connectivity index is 1.43. The molecule has 0 bridgehead atoms. The lowest BCUT2D eigenvalue weighted by Crippen LogP contribution is -2.53. The average Bonchev–Trinajstić information content (AvgIpc) is 3.03. The number of allylic oxidation sites excluding steroid dienone is 1. The molecule has 2 aromatic carbocycles. The molecule has 3 aliphatic carbocycles. The second kappa shape index (κ2) is 5.74. The molecule has 2 aromatic rings. The first-order valence-electron chi connectivity index (χ1n) is 10.1. The molecule has 0 aliphatic heterocycles. The summed E-state index contributed by atoms with van der Waals surface area (Å²) in [4.78, 5) is 0. The first kappa shape index (κ1) is 16.2. The van der Waals surface area contributed by atoms with Crippen LogP contribution in [0.1, 0.15) is 50.2 Å². The second-order valence-corrected chi connectivity index (χ2v) is 8.86. The molecule has 1 heteroatoms. The quantitative estimate of drug-likeness (QED) is 0.595. The van der Waals surface area contributed by atoms with E-state index in [-0.39, 0.29) is 5.41 Å². The zero-order valence-corrected chi connectivity index (χ0v) is 15.7. The highest BCUT2D eigenvalue weighted by atomic mass is 16.5. The minimum Gasteiger partial charge on any atom is -0.494 e. The Hall–Kier alpha value is -2.02. The molecule has 0 saturated heterocycles. The molecule has 0 N–H and O–H groups in total. The summed E-state index contributed by atoms with van der Waals surface area (Å²) in [5, 5.41) is 0. The molecule has 1 nitrogen and oxygen atoms in total. The van der Waals surface area contributed by atoms with Gasteiger partial charge in [0.1, 0.15) is 5.76 Å². The Morgan fingerprint density at radius 2 is 1.58 bits per heavy atom. The Morgan fingerprint density at radius 3 is 2.04 bits per heavy atom. The van der Waals surface area contributed by atoms with Crippen molar-refractivity contribution in [3.8, 4) is 0 Å². The van der Waals surface area contributed by atoms with Gasteiger partial charge < -0.3 is 4.74 Å². The minimum absolute atomic E-state index is 0.319. The smallest absolute Gasteiger partial charge is 0.104 e. The predicted octanol–water partition coefficient (Wildman–Crippen LogP) is 6.10. The first-order valence-corrected chi connectivity index (χ1v) is 10.1. The van der Waals surface area contributed by atoms with Crippen LogP contribution in [0.4, 0.5) is 0 Å². The van der Waals surface area contributed by atoms with Crippen LogP contribution in [-0.2, 0) is 10.2 Å². The fourth-order valence-electron chi connectivity index (χ4n) is 6.06. The van der Waals surface area contributed by atoms with Crippen molar-refractivity contribution in [2.45, 2.75) is 50.5 Å². The molecule has 26 heavy (non-hydrogen) atoms. The van der Waals surface area contributed by atoms with E-state index in [0.29, 0.717) is 11.5 Å². The molecular formula is C25H28O. The minimum atomic E-state index is -0.319. The number of hydrogen-bond acceptors (Lipinski definition) is 1. The van der Waals surface area contributed by atoms with Crippen molar-refractivity contribution in [3.05, 3.63) is 84.1 Å². The van der Waals surface area contributed by atoms with Crippen LogP contribution in [0.15, 0.2) is 73.0 Å². The Bertz CT molecular complexity index is 769. The number of ether oxygens (including phenoxy) is 1. The highest BCUT2D eigenvalue weighted by molar-refractivity contribution is 5.45. The fourth-order valence-corrected chi connectivity index (χ4v) is 6.06. The van der Waals surface area contributed by atoms with Crippen molar-refractivity contribution in [2.24, 2.45) is 17.3 Å². The molecule has 4 atom stereocenters. The molecule has 3 saturated carbocycles. The summed E-state index contributed by atoms with van der Waals surface area (Å²) in [6.45, 7) is 6.71. The van der Waals surface area contributed by atoms with Crippen molar-refractivity contribution < 1.29 is 4.74 Å². The van der Waals surface area contributed by atoms with Crippen LogP contribution in [0.25, 0.3) is 0 Å². The van der Waals surface area contributed by atoms with Crippen LogP contribution in [0.2, 0.25) is 0 Å². The molecule has 1 spiro atoms. The van der Waals surface area contributed by atoms with Crippen molar-refractivity contribution in [2.75, 3.05) is 0 Å². The maximum atomic E-state index is 6.62. The average molecular weight is 344 g/mol. The largest absolute Gasteiger partial charge is 0.494 e. The SMILES string of the molecule is C=C(OC1CC2CC3CCC32C1)C(C)(c1ccccc1)c1ccccc1. The standard InChI is InChI=1S/C25H28O/c1-18(26-23-16-22-15-21-13-14-25(21,22)17-23)24(2,19-9-5-3-6-10-19)20-11-7-4-8-12-20/h3-12,21-23H,1,13-17H2,2H3. The topological polar surface area (TPSA) is 9.23 Å². The van der Waals surface area contributed by atoms with Gasteiger partial charge in [-0.15, -0.1) is 0 Å². The molecule has 5 rings (SSSR count). The van der Waals surface area contributed by atoms with E-state index in [1.807, 2.05) is 0 Å². The van der Waals surface area contributed by atoms with Gasteiger partial charge in [0.2, 0.25) is 0 Å². The summed E-state index contributed by atoms with van der Waals surface area (Å²) in [7, 11) is 0. The molecule has 134 valence electrons. The van der Waals surface area contributed by atoms with E-state index in [0.717, 1.165) is 17.6 Å². The van der Waals surface area contributed by atoms with Gasteiger partial charge >= 0.3 is 0 Å². The van der Waals surface area contributed by atoms with Gasteiger partial charge in [-0.1, -0.05) is 67.2 Å². The molecule has 0 radical (unpaired) electrons. The summed E-state index contributed by atoms with van der Waals surface area (Å²) in [6, 6.07) is 21.4. The number of rotatable bonds is 5. The second-order valence-electron chi connectivity index (χ2n) is 8.86. The zero-order valence-electron chi connectivity index (χ0n) is 15.7. The zero-order chi connectivity index (χ0) is 17.8. The molecule has 3 fully saturated rings. The van der Waals surface area contributed by atoms with Gasteiger partial charge in [0.05, 0.1) is 11.5 Å². The Morgan fingerprint density at radius 1 is 0.962 bits per heavy atom. The van der Waals surface area contributed by atoms with E-state index in [1.165, 1.54) is 43.2 Å². The molecule has 0 amide bonds. The van der Waals surface area contributed by atoms with Crippen molar-refractivity contribution in [1.82, 2.24) is 0 Å². The van der Waals surface area contributed by atoms with Crippen LogP contribution in [-0.4, -0.2) is 6.10 Å². The van der Waals surface area contributed by atoms with Gasteiger partial charge in [-0.3, -0.25) is 0 Å². The molecular weight excluding hydrogens is 316 g/mol. The lowest BCUT2D eigenvalue weighted by molar-refractivity contribution is -0.121. The summed E-state index contributed by atoms with van der Waals surface area (Å²) in [6.07, 6.45) is 7.17. The predicted molar refractivity (Wildman–Crippen MR) is 106 cm³/mol. The summed E-state index contributed by atoms with van der Waals surface area (Å²) < 4.78 is 6.62. The fraction of sp³-hybridized carbons (Fsp3) is 0.440.